The van der Waals surface area contributed by atoms with Gasteiger partial charge in [0.25, 0.3) is 0 Å². The highest BCUT2D eigenvalue weighted by molar-refractivity contribution is 5.96. The summed E-state index contributed by atoms with van der Waals surface area (Å²) >= 11 is 0. The molecule has 0 spiro atoms. The molecule has 0 N–H and O–H groups in total. The summed E-state index contributed by atoms with van der Waals surface area (Å²) in [5, 5.41) is 0. The van der Waals surface area contributed by atoms with E-state index in [0.29, 0.717) is 17.9 Å². The van der Waals surface area contributed by atoms with Crippen LogP contribution >= 0.6 is 0 Å². The van der Waals surface area contributed by atoms with E-state index in [1.165, 1.54) is 0 Å². The predicted octanol–water partition coefficient (Wildman–Crippen LogP) is 2.53. The number of fused-ring (bicyclic) bond motifs is 2. The Morgan fingerprint density at radius 1 is 1.29 bits per heavy atom. The smallest absolute Gasteiger partial charge is 0.184 e. The molecular formula is C14H17NO2. The molecule has 0 saturated carbocycles. The largest absolute Gasteiger partial charge is 0.375 e. The van der Waals surface area contributed by atoms with E-state index < -0.39 is 0 Å². The number of rotatable bonds is 2. The van der Waals surface area contributed by atoms with E-state index in [2.05, 4.69) is 4.98 Å². The third-order valence-corrected chi connectivity index (χ3v) is 3.82. The van der Waals surface area contributed by atoms with Gasteiger partial charge in [0.05, 0.1) is 12.2 Å². The van der Waals surface area contributed by atoms with Crippen molar-refractivity contribution in [3.05, 3.63) is 29.6 Å². The van der Waals surface area contributed by atoms with Crippen molar-refractivity contribution in [3.8, 4) is 0 Å². The zero-order chi connectivity index (χ0) is 11.8. The van der Waals surface area contributed by atoms with E-state index in [0.717, 1.165) is 31.2 Å². The number of nitrogens with zero attached hydrogens (tertiary/aromatic N) is 1. The van der Waals surface area contributed by atoms with Crippen molar-refractivity contribution in [1.82, 2.24) is 4.98 Å². The fraction of sp³-hybridized carbons (Fsp3) is 0.571. The summed E-state index contributed by atoms with van der Waals surface area (Å²) in [6, 6.07) is 3.79. The summed E-state index contributed by atoms with van der Waals surface area (Å²) in [6.45, 7) is 1.98. The minimum atomic E-state index is 0.122. The van der Waals surface area contributed by atoms with Gasteiger partial charge in [0.1, 0.15) is 5.69 Å². The first-order chi connectivity index (χ1) is 8.22. The van der Waals surface area contributed by atoms with E-state index in [-0.39, 0.29) is 11.7 Å². The molecule has 1 aromatic heterocycles. The Labute approximate surface area is 101 Å². The molecule has 2 fully saturated rings. The number of hydrogen-bond donors (Lipinski definition) is 0. The third-order valence-electron chi connectivity index (χ3n) is 3.82. The second kappa shape index (κ2) is 4.22. The number of aryl methyl sites for hydroxylation is 1. The number of Topliss-reactive ketones (excluding diaryl/α,β-unsaturated/α-hetero) is 1. The minimum absolute atomic E-state index is 0.122. The van der Waals surface area contributed by atoms with Crippen molar-refractivity contribution in [1.29, 1.82) is 0 Å². The Bertz CT molecular complexity index is 414. The number of carbonyl (C=O) groups is 1. The van der Waals surface area contributed by atoms with Crippen LogP contribution in [0.4, 0.5) is 0 Å². The monoisotopic (exact) mass is 231 g/mol. The zero-order valence-corrected chi connectivity index (χ0v) is 10.1. The van der Waals surface area contributed by atoms with Crippen molar-refractivity contribution in [2.24, 2.45) is 5.92 Å². The van der Waals surface area contributed by atoms with Crippen LogP contribution in [0.25, 0.3) is 0 Å². The maximum atomic E-state index is 12.3. The van der Waals surface area contributed by atoms with Gasteiger partial charge in [-0.1, -0.05) is 6.07 Å². The normalized spacial score (nSPS) is 31.5. The van der Waals surface area contributed by atoms with Crippen molar-refractivity contribution in [3.63, 3.8) is 0 Å². The quantitative estimate of drug-likeness (QED) is 0.734. The molecule has 1 aromatic rings. The summed E-state index contributed by atoms with van der Waals surface area (Å²) in [5.41, 5.74) is 1.70. The van der Waals surface area contributed by atoms with Gasteiger partial charge in [-0.15, -0.1) is 0 Å². The van der Waals surface area contributed by atoms with Crippen molar-refractivity contribution < 1.29 is 9.53 Å². The fourth-order valence-electron chi connectivity index (χ4n) is 2.89. The fourth-order valence-corrected chi connectivity index (χ4v) is 2.89. The lowest BCUT2D eigenvalue weighted by atomic mass is 9.89. The Morgan fingerprint density at radius 3 is 2.59 bits per heavy atom. The Kier molecular flexibility index (Phi) is 2.71. The summed E-state index contributed by atoms with van der Waals surface area (Å²) in [5.74, 6) is 0.321. The number of carbonyl (C=O) groups excluding carboxylic acids is 1. The molecule has 2 aliphatic rings. The van der Waals surface area contributed by atoms with Crippen LogP contribution < -0.4 is 0 Å². The molecule has 2 aliphatic heterocycles. The molecule has 2 saturated heterocycles. The van der Waals surface area contributed by atoms with Crippen molar-refractivity contribution >= 4 is 5.78 Å². The molecular weight excluding hydrogens is 214 g/mol. The van der Waals surface area contributed by atoms with Crippen LogP contribution in [-0.2, 0) is 4.74 Å². The molecule has 90 valence electrons. The molecule has 3 heterocycles. The maximum absolute atomic E-state index is 12.3. The van der Waals surface area contributed by atoms with Gasteiger partial charge in [-0.05, 0) is 44.2 Å². The Balaban J connectivity index is 1.76. The topological polar surface area (TPSA) is 39.2 Å². The van der Waals surface area contributed by atoms with E-state index >= 15 is 0 Å². The lowest BCUT2D eigenvalue weighted by Crippen LogP contribution is -2.30. The SMILES string of the molecule is Cc1ccc(C(=O)C2CC3CCC(C2)O3)nc1. The predicted molar refractivity (Wildman–Crippen MR) is 63.9 cm³/mol. The van der Waals surface area contributed by atoms with Crippen LogP contribution in [0.2, 0.25) is 0 Å². The lowest BCUT2D eigenvalue weighted by molar-refractivity contribution is -0.0150. The van der Waals surface area contributed by atoms with Gasteiger partial charge in [0, 0.05) is 12.1 Å². The molecule has 2 atom stereocenters. The van der Waals surface area contributed by atoms with Crippen molar-refractivity contribution in [2.75, 3.05) is 0 Å². The first kappa shape index (κ1) is 10.9. The van der Waals surface area contributed by atoms with Crippen LogP contribution in [0.1, 0.15) is 41.7 Å². The average molecular weight is 231 g/mol. The van der Waals surface area contributed by atoms with Crippen LogP contribution in [0, 0.1) is 12.8 Å². The number of ketones is 1. The molecule has 0 aliphatic carbocycles. The molecule has 3 rings (SSSR count). The highest BCUT2D eigenvalue weighted by atomic mass is 16.5. The van der Waals surface area contributed by atoms with Gasteiger partial charge in [-0.25, -0.2) is 0 Å². The van der Waals surface area contributed by atoms with E-state index in [9.17, 15) is 4.79 Å². The van der Waals surface area contributed by atoms with Gasteiger partial charge in [0.15, 0.2) is 5.78 Å². The highest BCUT2D eigenvalue weighted by Crippen LogP contribution is 2.36. The third kappa shape index (κ3) is 2.12. The number of aromatic nitrogens is 1. The standard InChI is InChI=1S/C14H17NO2/c1-9-2-5-13(15-8-9)14(16)10-6-11-3-4-12(7-10)17-11/h2,5,8,10-12H,3-4,6-7H2,1H3. The first-order valence-corrected chi connectivity index (χ1v) is 6.34. The molecule has 3 heteroatoms. The highest BCUT2D eigenvalue weighted by Gasteiger charge is 2.38. The van der Waals surface area contributed by atoms with Crippen LogP contribution in [0.3, 0.4) is 0 Å². The lowest BCUT2D eigenvalue weighted by Gasteiger charge is -2.27. The Hall–Kier alpha value is -1.22. The van der Waals surface area contributed by atoms with Crippen molar-refractivity contribution in [2.45, 2.75) is 44.8 Å². The molecule has 0 amide bonds. The number of ether oxygens (including phenoxy) is 1. The minimum Gasteiger partial charge on any atom is -0.375 e. The summed E-state index contributed by atoms with van der Waals surface area (Å²) < 4.78 is 5.76. The Morgan fingerprint density at radius 2 is 2.00 bits per heavy atom. The number of pyridine rings is 1. The van der Waals surface area contributed by atoms with E-state index in [1.807, 2.05) is 19.1 Å². The van der Waals surface area contributed by atoms with Gasteiger partial charge in [-0.3, -0.25) is 9.78 Å². The molecule has 0 radical (unpaired) electrons. The summed E-state index contributed by atoms with van der Waals surface area (Å²) in [7, 11) is 0. The number of hydrogen-bond acceptors (Lipinski definition) is 3. The van der Waals surface area contributed by atoms with E-state index in [1.54, 1.807) is 6.20 Å². The molecule has 0 aromatic carbocycles. The maximum Gasteiger partial charge on any atom is 0.184 e. The molecule has 3 nitrogen and oxygen atoms in total. The summed E-state index contributed by atoms with van der Waals surface area (Å²) in [4.78, 5) is 16.5. The second-order valence-corrected chi connectivity index (χ2v) is 5.21. The van der Waals surface area contributed by atoms with Gasteiger partial charge >= 0.3 is 0 Å². The van der Waals surface area contributed by atoms with Crippen LogP contribution in [-0.4, -0.2) is 23.0 Å². The second-order valence-electron chi connectivity index (χ2n) is 5.21. The molecule has 2 bridgehead atoms. The zero-order valence-electron chi connectivity index (χ0n) is 10.1. The van der Waals surface area contributed by atoms with Gasteiger partial charge in [0.2, 0.25) is 0 Å². The van der Waals surface area contributed by atoms with Crippen LogP contribution in [0.5, 0.6) is 0 Å². The molecule has 17 heavy (non-hydrogen) atoms. The van der Waals surface area contributed by atoms with Crippen LogP contribution in [0.15, 0.2) is 18.3 Å². The summed E-state index contributed by atoms with van der Waals surface area (Å²) in [6.07, 6.45) is 6.39. The van der Waals surface area contributed by atoms with Gasteiger partial charge < -0.3 is 4.74 Å². The average Bonchev–Trinajstić information content (AvgIpc) is 2.68. The van der Waals surface area contributed by atoms with E-state index in [4.69, 9.17) is 4.74 Å². The molecule has 2 unspecified atom stereocenters. The van der Waals surface area contributed by atoms with Gasteiger partial charge in [-0.2, -0.15) is 0 Å². The first-order valence-electron chi connectivity index (χ1n) is 6.34.